The Morgan fingerprint density at radius 1 is 1.05 bits per heavy atom. The van der Waals surface area contributed by atoms with Crippen LogP contribution in [0.1, 0.15) is 11.1 Å². The maximum atomic E-state index is 12.4. The Kier molecular flexibility index (Phi) is 4.08. The SMILES string of the molecule is FC(F)(F)CN1CCN(Cc2ccc3c(c2)CCN3)CC1. The van der Waals surface area contributed by atoms with Crippen LogP contribution in [0.25, 0.3) is 0 Å². The van der Waals surface area contributed by atoms with Crippen LogP contribution in [-0.4, -0.2) is 55.2 Å². The zero-order valence-electron chi connectivity index (χ0n) is 11.9. The predicted molar refractivity (Wildman–Crippen MR) is 76.4 cm³/mol. The van der Waals surface area contributed by atoms with Crippen molar-refractivity contribution in [3.05, 3.63) is 29.3 Å². The number of nitrogens with zero attached hydrogens (tertiary/aromatic N) is 2. The van der Waals surface area contributed by atoms with Crippen molar-refractivity contribution in [2.24, 2.45) is 0 Å². The lowest BCUT2D eigenvalue weighted by atomic mass is 10.1. The van der Waals surface area contributed by atoms with E-state index in [0.717, 1.165) is 19.5 Å². The van der Waals surface area contributed by atoms with Crippen LogP contribution in [0.2, 0.25) is 0 Å². The van der Waals surface area contributed by atoms with Gasteiger partial charge in [-0.05, 0) is 23.6 Å². The topological polar surface area (TPSA) is 18.5 Å². The molecule has 0 spiro atoms. The smallest absolute Gasteiger partial charge is 0.384 e. The second-order valence-corrected chi connectivity index (χ2v) is 5.84. The van der Waals surface area contributed by atoms with Gasteiger partial charge in [-0.2, -0.15) is 13.2 Å². The first-order chi connectivity index (χ1) is 9.99. The van der Waals surface area contributed by atoms with Crippen LogP contribution in [0, 0.1) is 0 Å². The number of nitrogens with one attached hydrogen (secondary N) is 1. The molecule has 1 aromatic rings. The molecule has 0 saturated carbocycles. The number of piperazine rings is 1. The van der Waals surface area contributed by atoms with E-state index in [1.807, 2.05) is 0 Å². The molecule has 21 heavy (non-hydrogen) atoms. The molecule has 0 aromatic heterocycles. The number of benzene rings is 1. The van der Waals surface area contributed by atoms with Gasteiger partial charge in [0.25, 0.3) is 0 Å². The molecule has 0 unspecified atom stereocenters. The normalized spacial score (nSPS) is 20.3. The maximum Gasteiger partial charge on any atom is 0.401 e. The van der Waals surface area contributed by atoms with Gasteiger partial charge in [0.1, 0.15) is 0 Å². The molecular weight excluding hydrogens is 279 g/mol. The summed E-state index contributed by atoms with van der Waals surface area (Å²) in [5.41, 5.74) is 3.82. The van der Waals surface area contributed by atoms with E-state index in [9.17, 15) is 13.2 Å². The van der Waals surface area contributed by atoms with Gasteiger partial charge in [0, 0.05) is 45.0 Å². The number of halogens is 3. The molecule has 0 atom stereocenters. The standard InChI is InChI=1S/C15H20F3N3/c16-15(17,18)11-21-7-5-20(6-8-21)10-12-1-2-14-13(9-12)3-4-19-14/h1-2,9,19H,3-8,10-11H2. The number of anilines is 1. The number of hydrogen-bond donors (Lipinski definition) is 1. The van der Waals surface area contributed by atoms with E-state index in [1.165, 1.54) is 21.7 Å². The summed E-state index contributed by atoms with van der Waals surface area (Å²) in [7, 11) is 0. The van der Waals surface area contributed by atoms with E-state index in [0.29, 0.717) is 26.2 Å². The molecule has 1 saturated heterocycles. The van der Waals surface area contributed by atoms with Crippen LogP contribution in [-0.2, 0) is 13.0 Å². The molecule has 1 fully saturated rings. The summed E-state index contributed by atoms with van der Waals surface area (Å²) in [5.74, 6) is 0. The van der Waals surface area contributed by atoms with Crippen LogP contribution in [0.4, 0.5) is 18.9 Å². The van der Waals surface area contributed by atoms with Crippen molar-refractivity contribution in [2.45, 2.75) is 19.1 Å². The Balaban J connectivity index is 1.51. The fraction of sp³-hybridized carbons (Fsp3) is 0.600. The lowest BCUT2D eigenvalue weighted by Crippen LogP contribution is -2.48. The fourth-order valence-electron chi connectivity index (χ4n) is 3.07. The van der Waals surface area contributed by atoms with Crippen molar-refractivity contribution in [3.8, 4) is 0 Å². The van der Waals surface area contributed by atoms with E-state index in [1.54, 1.807) is 0 Å². The minimum Gasteiger partial charge on any atom is -0.384 e. The molecule has 2 aliphatic heterocycles. The highest BCUT2D eigenvalue weighted by Gasteiger charge is 2.32. The third-order valence-electron chi connectivity index (χ3n) is 4.15. The number of alkyl halides is 3. The number of rotatable bonds is 3. The average Bonchev–Trinajstić information content (AvgIpc) is 2.87. The highest BCUT2D eigenvalue weighted by Crippen LogP contribution is 2.24. The summed E-state index contributed by atoms with van der Waals surface area (Å²) in [5, 5.41) is 3.33. The Hall–Kier alpha value is -1.27. The zero-order chi connectivity index (χ0) is 14.9. The van der Waals surface area contributed by atoms with Gasteiger partial charge < -0.3 is 5.32 Å². The Morgan fingerprint density at radius 2 is 1.76 bits per heavy atom. The van der Waals surface area contributed by atoms with Crippen LogP contribution in [0.3, 0.4) is 0 Å². The Morgan fingerprint density at radius 3 is 2.48 bits per heavy atom. The molecule has 2 heterocycles. The van der Waals surface area contributed by atoms with Crippen molar-refractivity contribution in [1.29, 1.82) is 0 Å². The van der Waals surface area contributed by atoms with Gasteiger partial charge >= 0.3 is 6.18 Å². The first kappa shape index (κ1) is 14.7. The third-order valence-corrected chi connectivity index (χ3v) is 4.15. The van der Waals surface area contributed by atoms with E-state index in [2.05, 4.69) is 28.4 Å². The molecule has 1 N–H and O–H groups in total. The van der Waals surface area contributed by atoms with Gasteiger partial charge in [0.05, 0.1) is 6.54 Å². The highest BCUT2D eigenvalue weighted by atomic mass is 19.4. The van der Waals surface area contributed by atoms with Gasteiger partial charge in [-0.3, -0.25) is 9.80 Å². The highest BCUT2D eigenvalue weighted by molar-refractivity contribution is 5.56. The first-order valence-electron chi connectivity index (χ1n) is 7.37. The van der Waals surface area contributed by atoms with Crippen molar-refractivity contribution in [1.82, 2.24) is 9.80 Å². The summed E-state index contributed by atoms with van der Waals surface area (Å²) in [6.45, 7) is 3.42. The fourth-order valence-corrected chi connectivity index (χ4v) is 3.07. The molecular formula is C15H20F3N3. The Labute approximate surface area is 122 Å². The summed E-state index contributed by atoms with van der Waals surface area (Å²) >= 11 is 0. The summed E-state index contributed by atoms with van der Waals surface area (Å²) in [6.07, 6.45) is -3.03. The van der Waals surface area contributed by atoms with E-state index in [-0.39, 0.29) is 0 Å². The molecule has 116 valence electrons. The zero-order valence-corrected chi connectivity index (χ0v) is 11.9. The number of fused-ring (bicyclic) bond motifs is 1. The van der Waals surface area contributed by atoms with Gasteiger partial charge in [0.2, 0.25) is 0 Å². The molecule has 0 aliphatic carbocycles. The van der Waals surface area contributed by atoms with Gasteiger partial charge in [0.15, 0.2) is 0 Å². The van der Waals surface area contributed by atoms with E-state index < -0.39 is 12.7 Å². The lowest BCUT2D eigenvalue weighted by molar-refractivity contribution is -0.149. The van der Waals surface area contributed by atoms with Crippen LogP contribution in [0.15, 0.2) is 18.2 Å². The van der Waals surface area contributed by atoms with Crippen molar-refractivity contribution in [3.63, 3.8) is 0 Å². The first-order valence-corrected chi connectivity index (χ1v) is 7.37. The van der Waals surface area contributed by atoms with E-state index in [4.69, 9.17) is 0 Å². The molecule has 2 aliphatic rings. The molecule has 0 radical (unpaired) electrons. The summed E-state index contributed by atoms with van der Waals surface area (Å²) in [4.78, 5) is 3.72. The van der Waals surface area contributed by atoms with Crippen LogP contribution >= 0.6 is 0 Å². The second kappa shape index (κ2) is 5.85. The minimum atomic E-state index is -4.09. The average molecular weight is 299 g/mol. The molecule has 0 amide bonds. The van der Waals surface area contributed by atoms with Crippen LogP contribution in [0.5, 0.6) is 0 Å². The van der Waals surface area contributed by atoms with Gasteiger partial charge in [-0.25, -0.2) is 0 Å². The predicted octanol–water partition coefficient (Wildman–Crippen LogP) is 2.33. The summed E-state index contributed by atoms with van der Waals surface area (Å²) in [6, 6.07) is 6.44. The monoisotopic (exact) mass is 299 g/mol. The van der Waals surface area contributed by atoms with Gasteiger partial charge in [-0.1, -0.05) is 12.1 Å². The molecule has 1 aromatic carbocycles. The van der Waals surface area contributed by atoms with Crippen molar-refractivity contribution < 1.29 is 13.2 Å². The van der Waals surface area contributed by atoms with Gasteiger partial charge in [-0.15, -0.1) is 0 Å². The lowest BCUT2D eigenvalue weighted by Gasteiger charge is -2.35. The quantitative estimate of drug-likeness (QED) is 0.924. The maximum absolute atomic E-state index is 12.4. The molecule has 6 heteroatoms. The van der Waals surface area contributed by atoms with Crippen molar-refractivity contribution in [2.75, 3.05) is 44.6 Å². The molecule has 3 nitrogen and oxygen atoms in total. The van der Waals surface area contributed by atoms with Crippen LogP contribution < -0.4 is 5.32 Å². The van der Waals surface area contributed by atoms with Crippen molar-refractivity contribution >= 4 is 5.69 Å². The molecule has 3 rings (SSSR count). The molecule has 0 bridgehead atoms. The van der Waals surface area contributed by atoms with E-state index >= 15 is 0 Å². The number of hydrogen-bond acceptors (Lipinski definition) is 3. The summed E-state index contributed by atoms with van der Waals surface area (Å²) < 4.78 is 37.1. The largest absolute Gasteiger partial charge is 0.401 e. The minimum absolute atomic E-state index is 0.492. The Bertz CT molecular complexity index is 493. The third kappa shape index (κ3) is 3.89. The second-order valence-electron chi connectivity index (χ2n) is 5.84.